The van der Waals surface area contributed by atoms with Crippen LogP contribution < -0.4 is 5.56 Å². The van der Waals surface area contributed by atoms with Crippen molar-refractivity contribution < 1.29 is 4.79 Å². The van der Waals surface area contributed by atoms with Crippen molar-refractivity contribution in [2.24, 2.45) is 5.92 Å². The van der Waals surface area contributed by atoms with Gasteiger partial charge in [-0.15, -0.1) is 0 Å². The Morgan fingerprint density at radius 1 is 1.29 bits per heavy atom. The van der Waals surface area contributed by atoms with E-state index in [2.05, 4.69) is 11.9 Å². The number of nitriles is 1. The van der Waals surface area contributed by atoms with E-state index in [1.165, 1.54) is 12.8 Å². The molecular formula is C19H27N3O2. The number of hydrogen-bond donors (Lipinski definition) is 1. The van der Waals surface area contributed by atoms with Gasteiger partial charge in [-0.3, -0.25) is 9.59 Å². The highest BCUT2D eigenvalue weighted by Crippen LogP contribution is 2.27. The van der Waals surface area contributed by atoms with Crippen molar-refractivity contribution >= 4 is 5.91 Å². The molecule has 1 amide bonds. The number of H-pyrrole nitrogens is 1. The molecule has 0 radical (unpaired) electrons. The molecule has 130 valence electrons. The van der Waals surface area contributed by atoms with Crippen LogP contribution >= 0.6 is 0 Å². The number of amides is 1. The van der Waals surface area contributed by atoms with Crippen LogP contribution in [0.2, 0.25) is 0 Å². The molecule has 0 spiro atoms. The quantitative estimate of drug-likeness (QED) is 0.922. The van der Waals surface area contributed by atoms with Gasteiger partial charge in [-0.1, -0.05) is 6.92 Å². The zero-order valence-electron chi connectivity index (χ0n) is 15.1. The van der Waals surface area contributed by atoms with E-state index in [0.29, 0.717) is 24.4 Å². The van der Waals surface area contributed by atoms with Crippen molar-refractivity contribution in [2.45, 2.75) is 65.3 Å². The summed E-state index contributed by atoms with van der Waals surface area (Å²) in [6.45, 7) is 5.88. The number of aryl methyl sites for hydroxylation is 1. The van der Waals surface area contributed by atoms with Crippen molar-refractivity contribution in [1.29, 1.82) is 5.26 Å². The predicted octanol–water partition coefficient (Wildman–Crippen LogP) is 2.83. The van der Waals surface area contributed by atoms with Crippen molar-refractivity contribution in [3.8, 4) is 6.07 Å². The molecule has 0 unspecified atom stereocenters. The van der Waals surface area contributed by atoms with Crippen LogP contribution in [-0.2, 0) is 11.2 Å². The summed E-state index contributed by atoms with van der Waals surface area (Å²) in [5.74, 6) is 0.902. The van der Waals surface area contributed by atoms with Gasteiger partial charge in [0.15, 0.2) is 0 Å². The second-order valence-electron chi connectivity index (χ2n) is 7.09. The Hall–Kier alpha value is -2.09. The zero-order valence-corrected chi connectivity index (χ0v) is 15.1. The van der Waals surface area contributed by atoms with Crippen LogP contribution in [0.1, 0.15) is 61.4 Å². The van der Waals surface area contributed by atoms with Crippen LogP contribution in [0.3, 0.4) is 0 Å². The molecule has 1 aromatic rings. The molecule has 5 nitrogen and oxygen atoms in total. The summed E-state index contributed by atoms with van der Waals surface area (Å²) >= 11 is 0. The summed E-state index contributed by atoms with van der Waals surface area (Å²) in [6.07, 6.45) is 5.49. The minimum Gasteiger partial charge on any atom is -0.343 e. The Bertz CT molecular complexity index is 707. The summed E-state index contributed by atoms with van der Waals surface area (Å²) in [5, 5.41) is 9.13. The SMILES string of the molecule is Cc1[nH]c(=O)c(C#N)c(C)c1CCC(=O)N(C)C1CCC(C)CC1. The van der Waals surface area contributed by atoms with E-state index >= 15 is 0 Å². The third-order valence-corrected chi connectivity index (χ3v) is 5.44. The molecule has 24 heavy (non-hydrogen) atoms. The lowest BCUT2D eigenvalue weighted by Crippen LogP contribution is -2.39. The fourth-order valence-electron chi connectivity index (χ4n) is 3.66. The molecule has 1 aliphatic rings. The third-order valence-electron chi connectivity index (χ3n) is 5.44. The largest absolute Gasteiger partial charge is 0.343 e. The monoisotopic (exact) mass is 329 g/mol. The molecule has 0 bridgehead atoms. The highest BCUT2D eigenvalue weighted by molar-refractivity contribution is 5.76. The van der Waals surface area contributed by atoms with Crippen LogP contribution in [0.25, 0.3) is 0 Å². The van der Waals surface area contributed by atoms with Gasteiger partial charge in [0.05, 0.1) is 0 Å². The van der Waals surface area contributed by atoms with Gasteiger partial charge in [0.1, 0.15) is 11.6 Å². The first-order valence-corrected chi connectivity index (χ1v) is 8.73. The van der Waals surface area contributed by atoms with Gasteiger partial charge in [0, 0.05) is 25.2 Å². The van der Waals surface area contributed by atoms with Gasteiger partial charge in [0.2, 0.25) is 5.91 Å². The molecule has 2 rings (SSSR count). The normalized spacial score (nSPS) is 20.5. The number of carbonyl (C=O) groups excluding carboxylic acids is 1. The molecular weight excluding hydrogens is 302 g/mol. The van der Waals surface area contributed by atoms with Crippen LogP contribution in [-0.4, -0.2) is 28.9 Å². The van der Waals surface area contributed by atoms with Crippen molar-refractivity contribution in [1.82, 2.24) is 9.88 Å². The lowest BCUT2D eigenvalue weighted by molar-refractivity contribution is -0.132. The van der Waals surface area contributed by atoms with E-state index < -0.39 is 0 Å². The van der Waals surface area contributed by atoms with Gasteiger partial charge in [-0.05, 0) is 63.0 Å². The molecule has 1 saturated carbocycles. The summed E-state index contributed by atoms with van der Waals surface area (Å²) in [4.78, 5) is 28.9. The number of nitrogens with zero attached hydrogens (tertiary/aromatic N) is 2. The summed E-state index contributed by atoms with van der Waals surface area (Å²) in [5.41, 5.74) is 2.15. The number of rotatable bonds is 4. The molecule has 0 aromatic carbocycles. The second-order valence-corrected chi connectivity index (χ2v) is 7.09. The van der Waals surface area contributed by atoms with E-state index in [1.807, 2.05) is 24.9 Å². The lowest BCUT2D eigenvalue weighted by Gasteiger charge is -2.33. The van der Waals surface area contributed by atoms with Crippen LogP contribution in [0.5, 0.6) is 0 Å². The van der Waals surface area contributed by atoms with Gasteiger partial charge in [-0.25, -0.2) is 0 Å². The molecule has 0 atom stereocenters. The second kappa shape index (κ2) is 7.65. The van der Waals surface area contributed by atoms with Crippen LogP contribution in [0.15, 0.2) is 4.79 Å². The predicted molar refractivity (Wildman–Crippen MR) is 93.8 cm³/mol. The first kappa shape index (κ1) is 18.3. The fourth-order valence-corrected chi connectivity index (χ4v) is 3.66. The number of aromatic nitrogens is 1. The summed E-state index contributed by atoms with van der Waals surface area (Å²) in [6, 6.07) is 2.31. The maximum atomic E-state index is 12.5. The van der Waals surface area contributed by atoms with E-state index in [1.54, 1.807) is 6.92 Å². The Kier molecular flexibility index (Phi) is 5.82. The van der Waals surface area contributed by atoms with E-state index in [0.717, 1.165) is 30.0 Å². The molecule has 1 fully saturated rings. The Morgan fingerprint density at radius 3 is 2.50 bits per heavy atom. The number of aromatic amines is 1. The maximum absolute atomic E-state index is 12.5. The highest BCUT2D eigenvalue weighted by atomic mass is 16.2. The average molecular weight is 329 g/mol. The Morgan fingerprint density at radius 2 is 1.92 bits per heavy atom. The van der Waals surface area contributed by atoms with E-state index in [9.17, 15) is 9.59 Å². The fraction of sp³-hybridized carbons (Fsp3) is 0.632. The number of hydrogen-bond acceptors (Lipinski definition) is 3. The topological polar surface area (TPSA) is 77.0 Å². The smallest absolute Gasteiger partial charge is 0.266 e. The third kappa shape index (κ3) is 3.87. The minimum absolute atomic E-state index is 0.137. The molecule has 1 N–H and O–H groups in total. The molecule has 5 heteroatoms. The van der Waals surface area contributed by atoms with Gasteiger partial charge in [-0.2, -0.15) is 5.26 Å². The maximum Gasteiger partial charge on any atom is 0.266 e. The molecule has 1 heterocycles. The first-order valence-electron chi connectivity index (χ1n) is 8.73. The van der Waals surface area contributed by atoms with E-state index in [4.69, 9.17) is 5.26 Å². The Labute approximate surface area is 143 Å². The van der Waals surface area contributed by atoms with Crippen LogP contribution in [0, 0.1) is 31.1 Å². The number of carbonyl (C=O) groups is 1. The molecule has 0 aliphatic heterocycles. The highest BCUT2D eigenvalue weighted by Gasteiger charge is 2.25. The van der Waals surface area contributed by atoms with Gasteiger partial charge in [0.25, 0.3) is 5.56 Å². The van der Waals surface area contributed by atoms with Crippen molar-refractivity contribution in [3.05, 3.63) is 32.7 Å². The number of pyridine rings is 1. The zero-order chi connectivity index (χ0) is 17.9. The Balaban J connectivity index is 2.04. The van der Waals surface area contributed by atoms with Crippen molar-refractivity contribution in [3.63, 3.8) is 0 Å². The van der Waals surface area contributed by atoms with Crippen LogP contribution in [0.4, 0.5) is 0 Å². The summed E-state index contributed by atoms with van der Waals surface area (Å²) < 4.78 is 0. The van der Waals surface area contributed by atoms with E-state index in [-0.39, 0.29) is 17.0 Å². The molecule has 1 aliphatic carbocycles. The standard InChI is InChI=1S/C19H27N3O2/c1-12-5-7-15(8-6-12)22(4)18(23)10-9-16-13(2)17(11-20)19(24)21-14(16)3/h12,15H,5-10H2,1-4H3,(H,21,24). The number of nitrogens with one attached hydrogen (secondary N) is 1. The summed E-state index contributed by atoms with van der Waals surface area (Å²) in [7, 11) is 1.90. The molecule has 1 aromatic heterocycles. The lowest BCUT2D eigenvalue weighted by atomic mass is 9.86. The first-order chi connectivity index (χ1) is 11.3. The minimum atomic E-state index is -0.351. The van der Waals surface area contributed by atoms with Gasteiger partial charge < -0.3 is 9.88 Å². The van der Waals surface area contributed by atoms with Crippen molar-refractivity contribution in [2.75, 3.05) is 7.05 Å². The average Bonchev–Trinajstić information content (AvgIpc) is 2.54. The molecule has 0 saturated heterocycles. The van der Waals surface area contributed by atoms with Gasteiger partial charge >= 0.3 is 0 Å².